The number of fused-ring (bicyclic) bond motifs is 1. The third kappa shape index (κ3) is 0.733. The molecule has 2 aliphatic rings. The van der Waals surface area contributed by atoms with Crippen molar-refractivity contribution in [2.45, 2.75) is 6.10 Å². The van der Waals surface area contributed by atoms with Crippen LogP contribution >= 0.6 is 0 Å². The quantitative estimate of drug-likeness (QED) is 0.489. The van der Waals surface area contributed by atoms with Crippen LogP contribution in [0.1, 0.15) is 0 Å². The molecule has 2 aliphatic heterocycles. The molecule has 48 valence electrons. The topological polar surface area (TPSA) is 33.6 Å². The predicted molar refractivity (Wildman–Crippen MR) is 34.3 cm³/mol. The van der Waals surface area contributed by atoms with Crippen molar-refractivity contribution in [2.75, 3.05) is 13.3 Å². The lowest BCUT2D eigenvalue weighted by Crippen LogP contribution is -2.17. The second-order valence-corrected chi connectivity index (χ2v) is 2.11. The van der Waals surface area contributed by atoms with Crippen molar-refractivity contribution in [2.24, 2.45) is 4.99 Å². The van der Waals surface area contributed by atoms with Gasteiger partial charge in [0.15, 0.2) is 0 Å². The highest BCUT2D eigenvalue weighted by Crippen LogP contribution is 2.12. The SMILES string of the molecule is C1=NCC2OCNC2=C1. The van der Waals surface area contributed by atoms with Gasteiger partial charge in [0.1, 0.15) is 12.8 Å². The molecule has 0 amide bonds. The van der Waals surface area contributed by atoms with E-state index in [9.17, 15) is 0 Å². The minimum atomic E-state index is 0.218. The molecule has 1 unspecified atom stereocenters. The summed E-state index contributed by atoms with van der Waals surface area (Å²) in [6, 6.07) is 0. The van der Waals surface area contributed by atoms with Crippen LogP contribution in [0.4, 0.5) is 0 Å². The Balaban J connectivity index is 2.23. The maximum absolute atomic E-state index is 5.26. The Morgan fingerprint density at radius 1 is 1.78 bits per heavy atom. The van der Waals surface area contributed by atoms with Crippen LogP contribution in [-0.4, -0.2) is 25.6 Å². The van der Waals surface area contributed by atoms with E-state index in [-0.39, 0.29) is 6.10 Å². The average Bonchev–Trinajstić information content (AvgIpc) is 2.33. The molecule has 0 spiro atoms. The van der Waals surface area contributed by atoms with Crippen LogP contribution < -0.4 is 5.32 Å². The van der Waals surface area contributed by atoms with Crippen LogP contribution in [0.3, 0.4) is 0 Å². The number of hydrogen-bond donors (Lipinski definition) is 1. The Kier molecular flexibility index (Phi) is 1.02. The van der Waals surface area contributed by atoms with E-state index in [0.717, 1.165) is 6.54 Å². The Morgan fingerprint density at radius 3 is 3.67 bits per heavy atom. The highest BCUT2D eigenvalue weighted by Gasteiger charge is 2.21. The molecule has 0 radical (unpaired) electrons. The first-order valence-electron chi connectivity index (χ1n) is 3.02. The molecule has 9 heavy (non-hydrogen) atoms. The highest BCUT2D eigenvalue weighted by molar-refractivity contribution is 5.73. The van der Waals surface area contributed by atoms with E-state index in [1.54, 1.807) is 0 Å². The van der Waals surface area contributed by atoms with Gasteiger partial charge in [-0.05, 0) is 6.08 Å². The highest BCUT2D eigenvalue weighted by atomic mass is 16.5. The second kappa shape index (κ2) is 1.84. The molecule has 1 atom stereocenters. The van der Waals surface area contributed by atoms with Crippen molar-refractivity contribution in [1.82, 2.24) is 5.32 Å². The molecule has 1 saturated heterocycles. The van der Waals surface area contributed by atoms with Gasteiger partial charge in [0.25, 0.3) is 0 Å². The Labute approximate surface area is 53.4 Å². The zero-order valence-corrected chi connectivity index (χ0v) is 5.00. The normalized spacial score (nSPS) is 31.1. The van der Waals surface area contributed by atoms with Crippen LogP contribution in [0.15, 0.2) is 16.8 Å². The lowest BCUT2D eigenvalue weighted by atomic mass is 10.2. The van der Waals surface area contributed by atoms with Crippen molar-refractivity contribution in [3.05, 3.63) is 11.8 Å². The molecule has 3 nitrogen and oxygen atoms in total. The van der Waals surface area contributed by atoms with Gasteiger partial charge in [-0.25, -0.2) is 0 Å². The fourth-order valence-electron chi connectivity index (χ4n) is 1.04. The van der Waals surface area contributed by atoms with E-state index in [1.165, 1.54) is 5.70 Å². The molecule has 2 heterocycles. The molecule has 1 N–H and O–H groups in total. The number of nitrogens with zero attached hydrogens (tertiary/aromatic N) is 1. The van der Waals surface area contributed by atoms with E-state index < -0.39 is 0 Å². The fraction of sp³-hybridized carbons (Fsp3) is 0.500. The largest absolute Gasteiger partial charge is 0.364 e. The van der Waals surface area contributed by atoms with Gasteiger partial charge >= 0.3 is 0 Å². The molecule has 0 saturated carbocycles. The first kappa shape index (κ1) is 4.99. The minimum absolute atomic E-state index is 0.218. The number of ether oxygens (including phenoxy) is 1. The first-order valence-corrected chi connectivity index (χ1v) is 3.02. The van der Waals surface area contributed by atoms with Gasteiger partial charge in [-0.2, -0.15) is 0 Å². The van der Waals surface area contributed by atoms with Gasteiger partial charge in [-0.15, -0.1) is 0 Å². The van der Waals surface area contributed by atoms with E-state index in [0.29, 0.717) is 6.73 Å². The van der Waals surface area contributed by atoms with Gasteiger partial charge in [0.2, 0.25) is 0 Å². The standard InChI is InChI=1S/C6H8N2O/c1-2-7-3-6-5(1)8-4-9-6/h1-2,6,8H,3-4H2. The maximum atomic E-state index is 5.26. The van der Waals surface area contributed by atoms with Crippen LogP contribution in [0.2, 0.25) is 0 Å². The van der Waals surface area contributed by atoms with Gasteiger partial charge in [0.05, 0.1) is 6.54 Å². The number of dihydropyridines is 1. The Hall–Kier alpha value is -0.830. The lowest BCUT2D eigenvalue weighted by Gasteiger charge is -2.08. The zero-order valence-electron chi connectivity index (χ0n) is 5.00. The summed E-state index contributed by atoms with van der Waals surface area (Å²) < 4.78 is 5.26. The van der Waals surface area contributed by atoms with E-state index in [1.807, 2.05) is 12.3 Å². The van der Waals surface area contributed by atoms with Gasteiger partial charge in [-0.1, -0.05) is 0 Å². The van der Waals surface area contributed by atoms with Crippen LogP contribution in [0, 0.1) is 0 Å². The van der Waals surface area contributed by atoms with Crippen molar-refractivity contribution in [3.8, 4) is 0 Å². The number of nitrogens with one attached hydrogen (secondary N) is 1. The molecular formula is C6H8N2O. The molecule has 0 aliphatic carbocycles. The molecular weight excluding hydrogens is 116 g/mol. The van der Waals surface area contributed by atoms with Gasteiger partial charge in [0, 0.05) is 11.9 Å². The third-order valence-corrected chi connectivity index (χ3v) is 1.54. The predicted octanol–water partition coefficient (Wildman–Crippen LogP) is -0.0994. The summed E-state index contributed by atoms with van der Waals surface area (Å²) in [5, 5.41) is 3.11. The molecule has 0 bridgehead atoms. The zero-order chi connectivity index (χ0) is 6.10. The fourth-order valence-corrected chi connectivity index (χ4v) is 1.04. The smallest absolute Gasteiger partial charge is 0.119 e. The molecule has 2 rings (SSSR count). The van der Waals surface area contributed by atoms with Crippen LogP contribution in [0.25, 0.3) is 0 Å². The van der Waals surface area contributed by atoms with Crippen molar-refractivity contribution in [3.63, 3.8) is 0 Å². The van der Waals surface area contributed by atoms with E-state index in [4.69, 9.17) is 4.74 Å². The third-order valence-electron chi connectivity index (χ3n) is 1.54. The van der Waals surface area contributed by atoms with Crippen molar-refractivity contribution >= 4 is 6.21 Å². The van der Waals surface area contributed by atoms with E-state index in [2.05, 4.69) is 10.3 Å². The summed E-state index contributed by atoms with van der Waals surface area (Å²) in [5.74, 6) is 0. The molecule has 3 heteroatoms. The Bertz CT molecular complexity index is 174. The van der Waals surface area contributed by atoms with Crippen LogP contribution in [-0.2, 0) is 4.74 Å². The van der Waals surface area contributed by atoms with E-state index >= 15 is 0 Å². The minimum Gasteiger partial charge on any atom is -0.364 e. The molecule has 0 aromatic carbocycles. The van der Waals surface area contributed by atoms with Gasteiger partial charge in [-0.3, -0.25) is 4.99 Å². The number of allylic oxidation sites excluding steroid dienone is 1. The molecule has 0 aromatic heterocycles. The summed E-state index contributed by atoms with van der Waals surface area (Å²) in [7, 11) is 0. The maximum Gasteiger partial charge on any atom is 0.119 e. The van der Waals surface area contributed by atoms with Crippen molar-refractivity contribution in [1.29, 1.82) is 0 Å². The Morgan fingerprint density at radius 2 is 2.78 bits per heavy atom. The molecule has 1 fully saturated rings. The second-order valence-electron chi connectivity index (χ2n) is 2.11. The van der Waals surface area contributed by atoms with Crippen LogP contribution in [0.5, 0.6) is 0 Å². The number of hydrogen-bond acceptors (Lipinski definition) is 3. The number of aliphatic imine (C=N–C) groups is 1. The monoisotopic (exact) mass is 124 g/mol. The summed E-state index contributed by atoms with van der Waals surface area (Å²) in [4.78, 5) is 4.05. The molecule has 0 aromatic rings. The first-order chi connectivity index (χ1) is 4.47. The summed E-state index contributed by atoms with van der Waals surface area (Å²) in [5.41, 5.74) is 1.17. The lowest BCUT2D eigenvalue weighted by molar-refractivity contribution is 0.125. The summed E-state index contributed by atoms with van der Waals surface area (Å²) >= 11 is 0. The van der Waals surface area contributed by atoms with Gasteiger partial charge < -0.3 is 10.1 Å². The average molecular weight is 124 g/mol. The number of rotatable bonds is 0. The summed E-state index contributed by atoms with van der Waals surface area (Å²) in [6.45, 7) is 1.42. The van der Waals surface area contributed by atoms with Crippen molar-refractivity contribution < 1.29 is 4.74 Å². The summed E-state index contributed by atoms with van der Waals surface area (Å²) in [6.07, 6.45) is 3.99.